The maximum atomic E-state index is 5.50. The van der Waals surface area contributed by atoms with E-state index >= 15 is 0 Å². The fourth-order valence-corrected chi connectivity index (χ4v) is 2.35. The van der Waals surface area contributed by atoms with E-state index in [4.69, 9.17) is 4.74 Å². The highest BCUT2D eigenvalue weighted by Crippen LogP contribution is 2.32. The minimum atomic E-state index is 0.964. The second-order valence-electron chi connectivity index (χ2n) is 4.34. The average Bonchev–Trinajstić information content (AvgIpc) is 2.29. The zero-order valence-corrected chi connectivity index (χ0v) is 10.3. The van der Waals surface area contributed by atoms with Crippen molar-refractivity contribution in [2.24, 2.45) is 0 Å². The summed E-state index contributed by atoms with van der Waals surface area (Å²) in [7, 11) is 1.75. The Morgan fingerprint density at radius 2 is 2.06 bits per heavy atom. The highest BCUT2D eigenvalue weighted by atomic mass is 16.5. The van der Waals surface area contributed by atoms with Crippen LogP contribution in [0.1, 0.15) is 23.1 Å². The fourth-order valence-electron chi connectivity index (χ4n) is 2.35. The SMILES string of the molecule is COc1cc(C)cc(C)c1C1=CCNCC1. The molecule has 1 N–H and O–H groups in total. The molecule has 86 valence electrons. The highest BCUT2D eigenvalue weighted by Gasteiger charge is 2.13. The van der Waals surface area contributed by atoms with Crippen molar-refractivity contribution < 1.29 is 4.74 Å². The van der Waals surface area contributed by atoms with Crippen molar-refractivity contribution in [3.05, 3.63) is 34.9 Å². The molecule has 1 aromatic carbocycles. The maximum Gasteiger partial charge on any atom is 0.126 e. The maximum absolute atomic E-state index is 5.50. The normalized spacial score (nSPS) is 15.8. The summed E-state index contributed by atoms with van der Waals surface area (Å²) in [6.45, 7) is 6.29. The first-order chi connectivity index (χ1) is 7.72. The van der Waals surface area contributed by atoms with Crippen LogP contribution in [0.3, 0.4) is 0 Å². The van der Waals surface area contributed by atoms with Crippen LogP contribution in [0.5, 0.6) is 5.75 Å². The molecule has 16 heavy (non-hydrogen) atoms. The zero-order valence-electron chi connectivity index (χ0n) is 10.3. The summed E-state index contributed by atoms with van der Waals surface area (Å²) in [5, 5.41) is 3.34. The number of rotatable bonds is 2. The van der Waals surface area contributed by atoms with E-state index in [9.17, 15) is 0 Å². The van der Waals surface area contributed by atoms with Crippen molar-refractivity contribution in [3.8, 4) is 5.75 Å². The zero-order chi connectivity index (χ0) is 11.5. The molecule has 1 aromatic rings. The highest BCUT2D eigenvalue weighted by molar-refractivity contribution is 5.74. The molecule has 0 atom stereocenters. The van der Waals surface area contributed by atoms with E-state index in [1.807, 2.05) is 0 Å². The lowest BCUT2D eigenvalue weighted by Crippen LogP contribution is -2.20. The van der Waals surface area contributed by atoms with E-state index in [1.54, 1.807) is 7.11 Å². The lowest BCUT2D eigenvalue weighted by Gasteiger charge is -2.19. The smallest absolute Gasteiger partial charge is 0.126 e. The fraction of sp³-hybridized carbons (Fsp3) is 0.429. The number of hydrogen-bond acceptors (Lipinski definition) is 2. The molecule has 2 nitrogen and oxygen atoms in total. The van der Waals surface area contributed by atoms with Gasteiger partial charge in [0.05, 0.1) is 7.11 Å². The standard InChI is InChI=1S/C14H19NO/c1-10-8-11(2)14(13(9-10)16-3)12-4-6-15-7-5-12/h4,8-9,15H,5-7H2,1-3H3. The van der Waals surface area contributed by atoms with Crippen LogP contribution < -0.4 is 10.1 Å². The van der Waals surface area contributed by atoms with Crippen molar-refractivity contribution in [1.82, 2.24) is 5.32 Å². The van der Waals surface area contributed by atoms with E-state index in [0.717, 1.165) is 25.3 Å². The second kappa shape index (κ2) is 4.71. The summed E-state index contributed by atoms with van der Waals surface area (Å²) < 4.78 is 5.50. The largest absolute Gasteiger partial charge is 0.496 e. The van der Waals surface area contributed by atoms with E-state index < -0.39 is 0 Å². The third-order valence-electron chi connectivity index (χ3n) is 3.05. The summed E-state index contributed by atoms with van der Waals surface area (Å²) in [6, 6.07) is 4.34. The average molecular weight is 217 g/mol. The Labute approximate surface area is 97.3 Å². The number of methoxy groups -OCH3 is 1. The minimum absolute atomic E-state index is 0.964. The molecule has 2 rings (SSSR count). The van der Waals surface area contributed by atoms with Gasteiger partial charge in [-0.15, -0.1) is 0 Å². The molecule has 0 aromatic heterocycles. The van der Waals surface area contributed by atoms with Crippen LogP contribution >= 0.6 is 0 Å². The first-order valence-electron chi connectivity index (χ1n) is 5.77. The van der Waals surface area contributed by atoms with Gasteiger partial charge in [0, 0.05) is 12.1 Å². The molecule has 1 heterocycles. The third-order valence-corrected chi connectivity index (χ3v) is 3.05. The molecule has 1 aliphatic heterocycles. The van der Waals surface area contributed by atoms with Gasteiger partial charge < -0.3 is 10.1 Å². The molecule has 0 unspecified atom stereocenters. The van der Waals surface area contributed by atoms with Crippen LogP contribution in [0.25, 0.3) is 5.57 Å². The molecule has 0 saturated carbocycles. The third kappa shape index (κ3) is 2.12. The van der Waals surface area contributed by atoms with E-state index in [-0.39, 0.29) is 0 Å². The first-order valence-corrected chi connectivity index (χ1v) is 5.77. The number of ether oxygens (including phenoxy) is 1. The molecule has 1 aliphatic rings. The van der Waals surface area contributed by atoms with Crippen molar-refractivity contribution in [1.29, 1.82) is 0 Å². The molecule has 0 aliphatic carbocycles. The lowest BCUT2D eigenvalue weighted by molar-refractivity contribution is 0.412. The quantitative estimate of drug-likeness (QED) is 0.822. The number of nitrogens with one attached hydrogen (secondary N) is 1. The first kappa shape index (κ1) is 11.2. The summed E-state index contributed by atoms with van der Waals surface area (Å²) in [5.41, 5.74) is 5.26. The number of benzene rings is 1. The topological polar surface area (TPSA) is 21.3 Å². The van der Waals surface area contributed by atoms with Gasteiger partial charge in [0.2, 0.25) is 0 Å². The Hall–Kier alpha value is -1.28. The lowest BCUT2D eigenvalue weighted by atomic mass is 9.94. The van der Waals surface area contributed by atoms with Crippen LogP contribution in [0.2, 0.25) is 0 Å². The molecule has 0 saturated heterocycles. The minimum Gasteiger partial charge on any atom is -0.496 e. The van der Waals surface area contributed by atoms with Gasteiger partial charge in [0.15, 0.2) is 0 Å². The second-order valence-corrected chi connectivity index (χ2v) is 4.34. The van der Waals surface area contributed by atoms with Gasteiger partial charge in [-0.1, -0.05) is 12.1 Å². The molecule has 0 spiro atoms. The van der Waals surface area contributed by atoms with Crippen LogP contribution in [-0.4, -0.2) is 20.2 Å². The van der Waals surface area contributed by atoms with Crippen molar-refractivity contribution in [2.75, 3.05) is 20.2 Å². The molecule has 2 heteroatoms. The van der Waals surface area contributed by atoms with Gasteiger partial charge in [-0.2, -0.15) is 0 Å². The van der Waals surface area contributed by atoms with Crippen LogP contribution in [0.15, 0.2) is 18.2 Å². The Morgan fingerprint density at radius 3 is 2.69 bits per heavy atom. The summed E-state index contributed by atoms with van der Waals surface area (Å²) in [4.78, 5) is 0. The van der Waals surface area contributed by atoms with Crippen LogP contribution in [0, 0.1) is 13.8 Å². The Morgan fingerprint density at radius 1 is 1.25 bits per heavy atom. The van der Waals surface area contributed by atoms with E-state index in [0.29, 0.717) is 0 Å². The predicted molar refractivity (Wildman–Crippen MR) is 67.9 cm³/mol. The summed E-state index contributed by atoms with van der Waals surface area (Å²) >= 11 is 0. The Balaban J connectivity index is 2.49. The summed E-state index contributed by atoms with van der Waals surface area (Å²) in [5.74, 6) is 1.01. The van der Waals surface area contributed by atoms with Gasteiger partial charge in [0.1, 0.15) is 5.75 Å². The van der Waals surface area contributed by atoms with Gasteiger partial charge in [-0.05, 0) is 49.6 Å². The number of hydrogen-bond donors (Lipinski definition) is 1. The Kier molecular flexibility index (Phi) is 3.30. The molecule has 0 fully saturated rings. The number of aryl methyl sites for hydroxylation is 2. The van der Waals surface area contributed by atoms with Crippen LogP contribution in [-0.2, 0) is 0 Å². The summed E-state index contributed by atoms with van der Waals surface area (Å²) in [6.07, 6.45) is 3.35. The van der Waals surface area contributed by atoms with E-state index in [2.05, 4.69) is 37.4 Å². The molecule has 0 radical (unpaired) electrons. The molecular formula is C14H19NO. The van der Waals surface area contributed by atoms with Crippen molar-refractivity contribution in [3.63, 3.8) is 0 Å². The van der Waals surface area contributed by atoms with Gasteiger partial charge in [-0.3, -0.25) is 0 Å². The molecular weight excluding hydrogens is 198 g/mol. The van der Waals surface area contributed by atoms with Crippen molar-refractivity contribution >= 4 is 5.57 Å². The van der Waals surface area contributed by atoms with E-state index in [1.165, 1.54) is 22.3 Å². The van der Waals surface area contributed by atoms with Crippen molar-refractivity contribution in [2.45, 2.75) is 20.3 Å². The van der Waals surface area contributed by atoms with Gasteiger partial charge in [0.25, 0.3) is 0 Å². The van der Waals surface area contributed by atoms with Crippen LogP contribution in [0.4, 0.5) is 0 Å². The molecule has 0 amide bonds. The predicted octanol–water partition coefficient (Wildman–Crippen LogP) is 2.69. The monoisotopic (exact) mass is 217 g/mol. The molecule has 0 bridgehead atoms. The van der Waals surface area contributed by atoms with Gasteiger partial charge in [-0.25, -0.2) is 0 Å². The Bertz CT molecular complexity index is 421. The van der Waals surface area contributed by atoms with Gasteiger partial charge >= 0.3 is 0 Å².